The van der Waals surface area contributed by atoms with Gasteiger partial charge in [0.15, 0.2) is 0 Å². The molecule has 0 aliphatic carbocycles. The van der Waals surface area contributed by atoms with Gasteiger partial charge in [-0.05, 0) is 18.6 Å². The zero-order chi connectivity index (χ0) is 20.2. The molecule has 144 valence electrons. The van der Waals surface area contributed by atoms with Crippen molar-refractivity contribution in [1.29, 1.82) is 0 Å². The van der Waals surface area contributed by atoms with Crippen LogP contribution in [-0.4, -0.2) is 15.7 Å². The Kier molecular flexibility index (Phi) is 5.20. The van der Waals surface area contributed by atoms with Gasteiger partial charge in [0.25, 0.3) is 5.56 Å². The van der Waals surface area contributed by atoms with Crippen molar-refractivity contribution in [2.24, 2.45) is 0 Å². The van der Waals surface area contributed by atoms with Gasteiger partial charge in [0.1, 0.15) is 6.54 Å². The quantitative estimate of drug-likeness (QED) is 0.568. The van der Waals surface area contributed by atoms with E-state index in [0.29, 0.717) is 11.1 Å². The summed E-state index contributed by atoms with van der Waals surface area (Å²) in [7, 11) is 0. The number of amides is 1. The summed E-state index contributed by atoms with van der Waals surface area (Å²) in [5.74, 6) is -0.259. The topological polar surface area (TPSA) is 64.0 Å². The van der Waals surface area contributed by atoms with Gasteiger partial charge in [-0.1, -0.05) is 78.9 Å². The van der Waals surface area contributed by atoms with Gasteiger partial charge in [-0.2, -0.15) is 5.10 Å². The molecule has 1 N–H and O–H groups in total. The van der Waals surface area contributed by atoms with Crippen molar-refractivity contribution in [3.8, 4) is 11.3 Å². The average molecular weight is 383 g/mol. The van der Waals surface area contributed by atoms with Crippen molar-refractivity contribution in [2.75, 3.05) is 0 Å². The molecule has 0 aliphatic rings. The van der Waals surface area contributed by atoms with Crippen molar-refractivity contribution in [1.82, 2.24) is 15.1 Å². The van der Waals surface area contributed by atoms with Crippen LogP contribution in [0.4, 0.5) is 0 Å². The minimum Gasteiger partial charge on any atom is -0.348 e. The van der Waals surface area contributed by atoms with Gasteiger partial charge in [-0.3, -0.25) is 9.59 Å². The highest BCUT2D eigenvalue weighted by Gasteiger charge is 2.15. The van der Waals surface area contributed by atoms with Crippen LogP contribution in [0.25, 0.3) is 22.0 Å². The molecular formula is C24H21N3O2. The van der Waals surface area contributed by atoms with E-state index in [1.165, 1.54) is 4.68 Å². The largest absolute Gasteiger partial charge is 0.348 e. The van der Waals surface area contributed by atoms with Crippen molar-refractivity contribution < 1.29 is 4.79 Å². The first-order valence-electron chi connectivity index (χ1n) is 9.53. The predicted octanol–water partition coefficient (Wildman–Crippen LogP) is 3.94. The zero-order valence-corrected chi connectivity index (χ0v) is 16.1. The Bertz CT molecular complexity index is 1200. The maximum Gasteiger partial charge on any atom is 0.275 e. The Hall–Kier alpha value is -3.73. The molecule has 0 unspecified atom stereocenters. The fraction of sp³-hybridized carbons (Fsp3) is 0.125. The summed E-state index contributed by atoms with van der Waals surface area (Å²) in [6, 6.07) is 26.6. The first-order chi connectivity index (χ1) is 14.1. The summed E-state index contributed by atoms with van der Waals surface area (Å²) in [5, 5.41) is 8.80. The number of fused-ring (bicyclic) bond motifs is 1. The Morgan fingerprint density at radius 1 is 0.897 bits per heavy atom. The van der Waals surface area contributed by atoms with Crippen LogP contribution in [0.1, 0.15) is 18.5 Å². The monoisotopic (exact) mass is 383 g/mol. The number of hydrogen-bond acceptors (Lipinski definition) is 3. The van der Waals surface area contributed by atoms with E-state index in [4.69, 9.17) is 0 Å². The maximum absolute atomic E-state index is 12.9. The fourth-order valence-electron chi connectivity index (χ4n) is 3.40. The third kappa shape index (κ3) is 3.94. The first kappa shape index (κ1) is 18.6. The van der Waals surface area contributed by atoms with E-state index in [-0.39, 0.29) is 24.1 Å². The van der Waals surface area contributed by atoms with E-state index < -0.39 is 0 Å². The van der Waals surface area contributed by atoms with Crippen LogP contribution in [0.2, 0.25) is 0 Å². The summed E-state index contributed by atoms with van der Waals surface area (Å²) < 4.78 is 1.25. The van der Waals surface area contributed by atoms with Crippen LogP contribution in [0, 0.1) is 0 Å². The van der Waals surface area contributed by atoms with Gasteiger partial charge in [0.2, 0.25) is 5.91 Å². The zero-order valence-electron chi connectivity index (χ0n) is 16.1. The molecule has 0 saturated carbocycles. The van der Waals surface area contributed by atoms with Crippen molar-refractivity contribution in [2.45, 2.75) is 19.5 Å². The molecule has 0 fully saturated rings. The highest BCUT2D eigenvalue weighted by atomic mass is 16.2. The fourth-order valence-corrected chi connectivity index (χ4v) is 3.40. The first-order valence-corrected chi connectivity index (χ1v) is 9.53. The van der Waals surface area contributed by atoms with Gasteiger partial charge in [-0.15, -0.1) is 0 Å². The third-order valence-corrected chi connectivity index (χ3v) is 4.89. The lowest BCUT2D eigenvalue weighted by Gasteiger charge is -2.15. The molecule has 29 heavy (non-hydrogen) atoms. The van der Waals surface area contributed by atoms with Crippen LogP contribution >= 0.6 is 0 Å². The molecule has 1 aromatic heterocycles. The molecule has 1 atom stereocenters. The molecule has 4 aromatic rings. The van der Waals surface area contributed by atoms with Crippen molar-refractivity contribution in [3.05, 3.63) is 101 Å². The van der Waals surface area contributed by atoms with Gasteiger partial charge < -0.3 is 5.32 Å². The lowest BCUT2D eigenvalue weighted by molar-refractivity contribution is -0.122. The number of benzene rings is 3. The number of carbonyl (C=O) groups excluding carboxylic acids is 1. The highest BCUT2D eigenvalue weighted by molar-refractivity contribution is 5.93. The van der Waals surface area contributed by atoms with Gasteiger partial charge in [0, 0.05) is 10.9 Å². The molecular weight excluding hydrogens is 362 g/mol. The number of hydrogen-bond donors (Lipinski definition) is 1. The van der Waals surface area contributed by atoms with Crippen LogP contribution in [0.15, 0.2) is 89.7 Å². The Morgan fingerprint density at radius 3 is 2.17 bits per heavy atom. The van der Waals surface area contributed by atoms with E-state index in [0.717, 1.165) is 16.5 Å². The molecule has 0 saturated heterocycles. The number of carbonyl (C=O) groups is 1. The Morgan fingerprint density at radius 2 is 1.48 bits per heavy atom. The second-order valence-electron chi connectivity index (χ2n) is 6.92. The smallest absolute Gasteiger partial charge is 0.275 e. The summed E-state index contributed by atoms with van der Waals surface area (Å²) >= 11 is 0. The minimum absolute atomic E-state index is 0.138. The molecule has 5 heteroatoms. The lowest BCUT2D eigenvalue weighted by Crippen LogP contribution is -2.35. The second-order valence-corrected chi connectivity index (χ2v) is 6.92. The normalized spacial score (nSPS) is 11.9. The van der Waals surface area contributed by atoms with Gasteiger partial charge in [0.05, 0.1) is 17.1 Å². The van der Waals surface area contributed by atoms with Crippen LogP contribution in [0.3, 0.4) is 0 Å². The Balaban J connectivity index is 1.68. The van der Waals surface area contributed by atoms with Crippen LogP contribution in [0.5, 0.6) is 0 Å². The molecule has 4 rings (SSSR count). The molecule has 1 amide bonds. The predicted molar refractivity (Wildman–Crippen MR) is 114 cm³/mol. The average Bonchev–Trinajstić information content (AvgIpc) is 2.77. The van der Waals surface area contributed by atoms with E-state index >= 15 is 0 Å². The maximum atomic E-state index is 12.9. The number of rotatable bonds is 5. The number of nitrogens with one attached hydrogen (secondary N) is 1. The van der Waals surface area contributed by atoms with E-state index in [1.54, 1.807) is 6.07 Å². The van der Waals surface area contributed by atoms with E-state index in [2.05, 4.69) is 10.4 Å². The van der Waals surface area contributed by atoms with Crippen LogP contribution < -0.4 is 10.9 Å². The van der Waals surface area contributed by atoms with Gasteiger partial charge in [-0.25, -0.2) is 4.68 Å². The summed E-state index contributed by atoms with van der Waals surface area (Å²) in [6.07, 6.45) is 0. The van der Waals surface area contributed by atoms with E-state index in [9.17, 15) is 9.59 Å². The standard InChI is InChI=1S/C24H21N3O2/c1-17(18-10-4-2-5-11-18)25-22(28)16-27-24(29)21-15-9-8-14-20(21)23(26-27)19-12-6-3-7-13-19/h2-15,17H,16H2,1H3,(H,25,28)/t17-/m0/s1. The number of aromatic nitrogens is 2. The molecule has 5 nitrogen and oxygen atoms in total. The second kappa shape index (κ2) is 8.10. The Labute approximate surface area is 168 Å². The van der Waals surface area contributed by atoms with Gasteiger partial charge >= 0.3 is 0 Å². The summed E-state index contributed by atoms with van der Waals surface area (Å²) in [4.78, 5) is 25.5. The van der Waals surface area contributed by atoms with Crippen LogP contribution in [-0.2, 0) is 11.3 Å². The molecule has 3 aromatic carbocycles. The summed E-state index contributed by atoms with van der Waals surface area (Å²) in [5.41, 5.74) is 2.31. The van der Waals surface area contributed by atoms with Crippen molar-refractivity contribution >= 4 is 16.7 Å². The highest BCUT2D eigenvalue weighted by Crippen LogP contribution is 2.24. The number of nitrogens with zero attached hydrogens (tertiary/aromatic N) is 2. The SMILES string of the molecule is C[C@H](NC(=O)Cn1nc(-c2ccccc2)c2ccccc2c1=O)c1ccccc1. The summed E-state index contributed by atoms with van der Waals surface area (Å²) in [6.45, 7) is 1.78. The molecule has 0 aliphatic heterocycles. The molecule has 0 radical (unpaired) electrons. The molecule has 0 spiro atoms. The molecule has 1 heterocycles. The van der Waals surface area contributed by atoms with E-state index in [1.807, 2.05) is 85.8 Å². The third-order valence-electron chi connectivity index (χ3n) is 4.89. The molecule has 0 bridgehead atoms. The minimum atomic E-state index is -0.275. The lowest BCUT2D eigenvalue weighted by atomic mass is 10.1. The van der Waals surface area contributed by atoms with Crippen molar-refractivity contribution in [3.63, 3.8) is 0 Å².